The van der Waals surface area contributed by atoms with Gasteiger partial charge in [-0.1, -0.05) is 0 Å². The third kappa shape index (κ3) is 1.58. The van der Waals surface area contributed by atoms with Gasteiger partial charge >= 0.3 is 0 Å². The molecule has 0 aliphatic carbocycles. The Labute approximate surface area is 98.9 Å². The monoisotopic (exact) mass is 232 g/mol. The highest BCUT2D eigenvalue weighted by Crippen LogP contribution is 2.21. The number of nitrogens with zero attached hydrogens (tertiary/aromatic N) is 2. The van der Waals surface area contributed by atoms with E-state index < -0.39 is 0 Å². The zero-order valence-electron chi connectivity index (χ0n) is 10.1. The molecule has 0 saturated carbocycles. The Bertz CT molecular complexity index is 619. The van der Waals surface area contributed by atoms with E-state index in [0.717, 1.165) is 36.5 Å². The van der Waals surface area contributed by atoms with E-state index in [2.05, 4.69) is 15.4 Å². The van der Waals surface area contributed by atoms with E-state index >= 15 is 0 Å². The summed E-state index contributed by atoms with van der Waals surface area (Å²) in [6, 6.07) is 1.99. The van der Waals surface area contributed by atoms with Crippen LogP contribution in [0.4, 0.5) is 0 Å². The molecule has 1 atom stereocenters. The number of fused-ring (bicyclic) bond motifs is 1. The van der Waals surface area contributed by atoms with Crippen LogP contribution in [-0.2, 0) is 0 Å². The fourth-order valence-corrected chi connectivity index (χ4v) is 2.37. The van der Waals surface area contributed by atoms with Gasteiger partial charge in [0.25, 0.3) is 5.56 Å². The molecule has 2 aromatic rings. The average molecular weight is 232 g/mol. The summed E-state index contributed by atoms with van der Waals surface area (Å²) >= 11 is 0. The first-order valence-corrected chi connectivity index (χ1v) is 5.96. The fraction of sp³-hybridized carbons (Fsp3) is 0.500. The van der Waals surface area contributed by atoms with Crippen LogP contribution in [0.25, 0.3) is 5.65 Å². The van der Waals surface area contributed by atoms with E-state index in [1.807, 2.05) is 19.9 Å². The van der Waals surface area contributed by atoms with Crippen molar-refractivity contribution in [2.75, 3.05) is 13.1 Å². The summed E-state index contributed by atoms with van der Waals surface area (Å²) in [5, 5.41) is 6.50. The molecule has 0 aromatic carbocycles. The number of aromatic amines is 1. The van der Waals surface area contributed by atoms with Gasteiger partial charge in [-0.25, -0.2) is 9.50 Å². The van der Waals surface area contributed by atoms with E-state index in [0.29, 0.717) is 11.5 Å². The van der Waals surface area contributed by atoms with Crippen molar-refractivity contribution < 1.29 is 0 Å². The number of nitrogens with one attached hydrogen (secondary N) is 2. The lowest BCUT2D eigenvalue weighted by Gasteiger charge is -2.03. The van der Waals surface area contributed by atoms with Crippen molar-refractivity contribution in [1.82, 2.24) is 19.9 Å². The average Bonchev–Trinajstić information content (AvgIpc) is 2.93. The molecule has 90 valence electrons. The molecule has 0 amide bonds. The van der Waals surface area contributed by atoms with E-state index in [4.69, 9.17) is 0 Å². The number of H-pyrrole nitrogens is 1. The van der Waals surface area contributed by atoms with Gasteiger partial charge in [-0.15, -0.1) is 0 Å². The summed E-state index contributed by atoms with van der Waals surface area (Å²) in [7, 11) is 0. The third-order valence-electron chi connectivity index (χ3n) is 3.60. The second-order valence-electron chi connectivity index (χ2n) is 4.72. The largest absolute Gasteiger partial charge is 0.316 e. The molecule has 5 nitrogen and oxygen atoms in total. The summed E-state index contributed by atoms with van der Waals surface area (Å²) in [4.78, 5) is 16.5. The van der Waals surface area contributed by atoms with Crippen molar-refractivity contribution in [3.63, 3.8) is 0 Å². The molecule has 0 unspecified atom stereocenters. The Hall–Kier alpha value is -1.62. The van der Waals surface area contributed by atoms with Crippen LogP contribution in [-0.4, -0.2) is 27.7 Å². The highest BCUT2D eigenvalue weighted by atomic mass is 16.1. The van der Waals surface area contributed by atoms with Crippen LogP contribution in [0, 0.1) is 13.8 Å². The highest BCUT2D eigenvalue weighted by Gasteiger charge is 2.19. The SMILES string of the molecule is Cc1nc2cc([C@@H]3CCNC3)[nH]n2c(=O)c1C. The van der Waals surface area contributed by atoms with Crippen LogP contribution in [0.3, 0.4) is 0 Å². The van der Waals surface area contributed by atoms with Crippen molar-refractivity contribution in [2.45, 2.75) is 26.2 Å². The molecular weight excluding hydrogens is 216 g/mol. The van der Waals surface area contributed by atoms with Crippen LogP contribution in [0.15, 0.2) is 10.9 Å². The molecule has 3 heterocycles. The molecular formula is C12H16N4O. The van der Waals surface area contributed by atoms with E-state index in [9.17, 15) is 4.79 Å². The number of hydrogen-bond donors (Lipinski definition) is 2. The summed E-state index contributed by atoms with van der Waals surface area (Å²) in [6.07, 6.45) is 1.11. The molecule has 0 bridgehead atoms. The van der Waals surface area contributed by atoms with Gasteiger partial charge in [0, 0.05) is 35.5 Å². The summed E-state index contributed by atoms with van der Waals surface area (Å²) in [5.74, 6) is 0.469. The molecule has 3 rings (SSSR count). The summed E-state index contributed by atoms with van der Waals surface area (Å²) in [6.45, 7) is 5.70. The van der Waals surface area contributed by atoms with Gasteiger partial charge in [-0.3, -0.25) is 9.89 Å². The zero-order valence-corrected chi connectivity index (χ0v) is 10.1. The van der Waals surface area contributed by atoms with Crippen molar-refractivity contribution >= 4 is 5.65 Å². The van der Waals surface area contributed by atoms with Crippen molar-refractivity contribution in [1.29, 1.82) is 0 Å². The Morgan fingerprint density at radius 1 is 1.47 bits per heavy atom. The Morgan fingerprint density at radius 3 is 3.00 bits per heavy atom. The molecule has 5 heteroatoms. The van der Waals surface area contributed by atoms with Crippen LogP contribution >= 0.6 is 0 Å². The highest BCUT2D eigenvalue weighted by molar-refractivity contribution is 5.42. The van der Waals surface area contributed by atoms with Gasteiger partial charge in [0.05, 0.1) is 0 Å². The van der Waals surface area contributed by atoms with Crippen LogP contribution < -0.4 is 10.9 Å². The number of rotatable bonds is 1. The van der Waals surface area contributed by atoms with Crippen molar-refractivity contribution in [3.05, 3.63) is 33.4 Å². The lowest BCUT2D eigenvalue weighted by molar-refractivity contribution is 0.712. The standard InChI is InChI=1S/C12H16N4O/c1-7-8(2)14-11-5-10(9-3-4-13-6-9)15-16(11)12(7)17/h5,9,13,15H,3-4,6H2,1-2H3/t9-/m1/s1. The van der Waals surface area contributed by atoms with Gasteiger partial charge in [-0.05, 0) is 26.8 Å². The Balaban J connectivity index is 2.18. The zero-order chi connectivity index (χ0) is 12.0. The van der Waals surface area contributed by atoms with Crippen molar-refractivity contribution in [2.24, 2.45) is 0 Å². The predicted octanol–water partition coefficient (Wildman–Crippen LogP) is 0.716. The smallest absolute Gasteiger partial charge is 0.275 e. The molecule has 0 radical (unpaired) electrons. The van der Waals surface area contributed by atoms with Gasteiger partial charge < -0.3 is 5.32 Å². The van der Waals surface area contributed by atoms with Crippen LogP contribution in [0.5, 0.6) is 0 Å². The van der Waals surface area contributed by atoms with Gasteiger partial charge in [0.1, 0.15) is 0 Å². The molecule has 17 heavy (non-hydrogen) atoms. The predicted molar refractivity (Wildman–Crippen MR) is 65.5 cm³/mol. The first kappa shape index (κ1) is 10.5. The molecule has 1 aliphatic rings. The minimum absolute atomic E-state index is 0.00436. The lowest BCUT2D eigenvalue weighted by atomic mass is 10.1. The maximum absolute atomic E-state index is 12.1. The minimum Gasteiger partial charge on any atom is -0.316 e. The van der Waals surface area contributed by atoms with Gasteiger partial charge in [0.15, 0.2) is 5.65 Å². The molecule has 1 fully saturated rings. The summed E-state index contributed by atoms with van der Waals surface area (Å²) < 4.78 is 1.55. The number of aromatic nitrogens is 3. The maximum Gasteiger partial charge on any atom is 0.275 e. The molecule has 1 saturated heterocycles. The molecule has 2 N–H and O–H groups in total. The van der Waals surface area contributed by atoms with Crippen molar-refractivity contribution in [3.8, 4) is 0 Å². The third-order valence-corrected chi connectivity index (χ3v) is 3.60. The van der Waals surface area contributed by atoms with Crippen LogP contribution in [0.2, 0.25) is 0 Å². The maximum atomic E-state index is 12.1. The van der Waals surface area contributed by atoms with Gasteiger partial charge in [-0.2, -0.15) is 0 Å². The minimum atomic E-state index is 0.00436. The second-order valence-corrected chi connectivity index (χ2v) is 4.72. The molecule has 0 spiro atoms. The molecule has 1 aliphatic heterocycles. The Morgan fingerprint density at radius 2 is 2.29 bits per heavy atom. The quantitative estimate of drug-likeness (QED) is 0.761. The van der Waals surface area contributed by atoms with Crippen LogP contribution in [0.1, 0.15) is 29.3 Å². The first-order chi connectivity index (χ1) is 8.16. The van der Waals surface area contributed by atoms with E-state index in [1.165, 1.54) is 0 Å². The normalized spacial score (nSPS) is 20.2. The molecule has 2 aromatic heterocycles. The van der Waals surface area contributed by atoms with E-state index in [1.54, 1.807) is 4.52 Å². The summed E-state index contributed by atoms with van der Waals surface area (Å²) in [5.41, 5.74) is 3.35. The second kappa shape index (κ2) is 3.70. The number of aryl methyl sites for hydroxylation is 1. The van der Waals surface area contributed by atoms with Gasteiger partial charge in [0.2, 0.25) is 0 Å². The number of hydrogen-bond acceptors (Lipinski definition) is 3. The lowest BCUT2D eigenvalue weighted by Crippen LogP contribution is -2.19. The van der Waals surface area contributed by atoms with E-state index in [-0.39, 0.29) is 5.56 Å². The Kier molecular flexibility index (Phi) is 2.29. The fourth-order valence-electron chi connectivity index (χ4n) is 2.37. The first-order valence-electron chi connectivity index (χ1n) is 5.96. The topological polar surface area (TPSA) is 62.2 Å².